The number of para-hydroxylation sites is 1. The molecule has 6 rings (SSSR count). The summed E-state index contributed by atoms with van der Waals surface area (Å²) in [6.45, 7) is 0.586. The summed E-state index contributed by atoms with van der Waals surface area (Å²) >= 11 is 1.36. The molecule has 0 saturated heterocycles. The molecule has 6 nitrogen and oxygen atoms in total. The highest BCUT2D eigenvalue weighted by molar-refractivity contribution is 7.98. The molecular weight excluding hydrogens is 530 g/mol. The van der Waals surface area contributed by atoms with Crippen LogP contribution in [0.3, 0.4) is 0 Å². The van der Waals surface area contributed by atoms with E-state index in [1.165, 1.54) is 34.5 Å². The van der Waals surface area contributed by atoms with Crippen LogP contribution in [0, 0.1) is 5.82 Å². The Morgan fingerprint density at radius 2 is 1.74 bits per heavy atom. The third-order valence-electron chi connectivity index (χ3n) is 6.60. The molecule has 0 fully saturated rings. The summed E-state index contributed by atoms with van der Waals surface area (Å²) < 4.78 is 55.7. The van der Waals surface area contributed by atoms with Crippen LogP contribution >= 0.6 is 11.8 Å². The molecule has 3 aromatic carbocycles. The average Bonchev–Trinajstić information content (AvgIpc) is 3.36. The number of hydrogen-bond acceptors (Lipinski definition) is 5. The highest BCUT2D eigenvalue weighted by Gasteiger charge is 2.31. The van der Waals surface area contributed by atoms with Gasteiger partial charge in [0.05, 0.1) is 40.1 Å². The first kappa shape index (κ1) is 25.2. The molecule has 1 N–H and O–H groups in total. The van der Waals surface area contributed by atoms with Gasteiger partial charge >= 0.3 is 6.18 Å². The Balaban J connectivity index is 1.38. The Hall–Kier alpha value is -4.12. The molecule has 0 unspecified atom stereocenters. The monoisotopic (exact) mass is 551 g/mol. The van der Waals surface area contributed by atoms with Crippen LogP contribution in [-0.4, -0.2) is 26.1 Å². The van der Waals surface area contributed by atoms with E-state index in [2.05, 4.69) is 9.97 Å². The number of nitrogens with zero attached hydrogens (tertiary/aromatic N) is 4. The molecule has 0 radical (unpaired) electrons. The summed E-state index contributed by atoms with van der Waals surface area (Å²) in [5.74, 6) is 0.355. The number of thioether (sulfide) groups is 1. The zero-order chi connectivity index (χ0) is 27.1. The smallest absolute Gasteiger partial charge is 0.337 e. The van der Waals surface area contributed by atoms with Crippen molar-refractivity contribution < 1.29 is 17.6 Å². The largest absolute Gasteiger partial charge is 0.416 e. The minimum atomic E-state index is -4.47. The first-order chi connectivity index (χ1) is 18.8. The Morgan fingerprint density at radius 1 is 0.974 bits per heavy atom. The summed E-state index contributed by atoms with van der Waals surface area (Å²) in [6.07, 6.45) is -4.05. The second-order valence-corrected chi connectivity index (χ2v) is 10.1. The van der Waals surface area contributed by atoms with Gasteiger partial charge in [-0.05, 0) is 35.9 Å². The predicted molar refractivity (Wildman–Crippen MR) is 142 cm³/mol. The molecule has 0 aliphatic carbocycles. The van der Waals surface area contributed by atoms with E-state index in [0.29, 0.717) is 46.6 Å². The molecule has 5 aromatic rings. The van der Waals surface area contributed by atoms with Crippen LogP contribution in [0.5, 0.6) is 0 Å². The number of fused-ring (bicyclic) bond motifs is 2. The number of hydrogen-bond donors (Lipinski definition) is 1. The van der Waals surface area contributed by atoms with Crippen molar-refractivity contribution in [1.29, 1.82) is 0 Å². The van der Waals surface area contributed by atoms with E-state index in [1.54, 1.807) is 17.0 Å². The number of rotatable bonds is 5. The number of anilines is 1. The quantitative estimate of drug-likeness (QED) is 0.162. The maximum Gasteiger partial charge on any atom is 0.416 e. The van der Waals surface area contributed by atoms with Gasteiger partial charge in [-0.25, -0.2) is 14.4 Å². The van der Waals surface area contributed by atoms with Gasteiger partial charge in [0, 0.05) is 18.7 Å². The summed E-state index contributed by atoms with van der Waals surface area (Å²) in [5.41, 5.74) is 1.64. The molecule has 11 heteroatoms. The normalized spacial score (nSPS) is 13.6. The molecule has 3 heterocycles. The summed E-state index contributed by atoms with van der Waals surface area (Å²) in [5, 5.41) is 0.393. The van der Waals surface area contributed by atoms with Crippen molar-refractivity contribution in [3.8, 4) is 5.69 Å². The minimum Gasteiger partial charge on any atom is -0.337 e. The number of H-pyrrole nitrogens is 1. The Morgan fingerprint density at radius 3 is 2.51 bits per heavy atom. The topological polar surface area (TPSA) is 66.8 Å². The first-order valence-electron chi connectivity index (χ1n) is 12.2. The summed E-state index contributed by atoms with van der Waals surface area (Å²) in [6, 6.07) is 19.1. The van der Waals surface area contributed by atoms with Crippen molar-refractivity contribution >= 4 is 28.7 Å². The van der Waals surface area contributed by atoms with Crippen LogP contribution in [0.25, 0.3) is 16.7 Å². The molecule has 0 atom stereocenters. The lowest BCUT2D eigenvalue weighted by Crippen LogP contribution is -2.38. The fourth-order valence-electron chi connectivity index (χ4n) is 4.62. The minimum absolute atomic E-state index is 0.105. The molecule has 0 spiro atoms. The second-order valence-electron chi connectivity index (χ2n) is 9.15. The Kier molecular flexibility index (Phi) is 6.38. The number of imidazole rings is 1. The molecule has 198 valence electrons. The van der Waals surface area contributed by atoms with E-state index in [1.807, 2.05) is 30.3 Å². The van der Waals surface area contributed by atoms with Gasteiger partial charge < -0.3 is 9.88 Å². The SMILES string of the molecule is O=c1c2c(nc(SCc3ccccc3)n1-c1ccccc1F)CCN(c1nc3ccc(C(F)(F)F)cc3[nH]1)C2. The zero-order valence-corrected chi connectivity index (χ0v) is 21.2. The highest BCUT2D eigenvalue weighted by Crippen LogP contribution is 2.32. The number of aromatic nitrogens is 4. The molecule has 1 aliphatic heterocycles. The van der Waals surface area contributed by atoms with Crippen molar-refractivity contribution in [1.82, 2.24) is 19.5 Å². The lowest BCUT2D eigenvalue weighted by atomic mass is 10.1. The van der Waals surface area contributed by atoms with E-state index in [4.69, 9.17) is 4.98 Å². The van der Waals surface area contributed by atoms with E-state index >= 15 is 0 Å². The zero-order valence-electron chi connectivity index (χ0n) is 20.4. The second kappa shape index (κ2) is 9.88. The Labute approximate surface area is 224 Å². The van der Waals surface area contributed by atoms with Gasteiger partial charge in [-0.3, -0.25) is 9.36 Å². The third kappa shape index (κ3) is 4.89. The standard InChI is InChI=1S/C28H21F4N5OS/c29-20-8-4-5-9-24(20)37-25(38)19-15-36(26-33-22-11-10-18(28(30,31)32)14-23(22)34-26)13-12-21(19)35-27(37)39-16-17-6-2-1-3-7-17/h1-11,14H,12-13,15-16H2,(H,33,34). The van der Waals surface area contributed by atoms with Crippen molar-refractivity contribution in [3.63, 3.8) is 0 Å². The average molecular weight is 552 g/mol. The molecule has 0 bridgehead atoms. The van der Waals surface area contributed by atoms with Crippen LogP contribution in [-0.2, 0) is 24.9 Å². The van der Waals surface area contributed by atoms with E-state index in [-0.39, 0.29) is 23.3 Å². The van der Waals surface area contributed by atoms with Crippen molar-refractivity contribution in [2.24, 2.45) is 0 Å². The van der Waals surface area contributed by atoms with E-state index in [0.717, 1.165) is 17.7 Å². The van der Waals surface area contributed by atoms with Gasteiger partial charge in [-0.1, -0.05) is 54.2 Å². The van der Waals surface area contributed by atoms with Gasteiger partial charge in [-0.2, -0.15) is 13.2 Å². The van der Waals surface area contributed by atoms with Crippen LogP contribution in [0.4, 0.5) is 23.5 Å². The molecular formula is C28H21F4N5OS. The number of nitrogens with one attached hydrogen (secondary N) is 1. The number of aromatic amines is 1. The lowest BCUT2D eigenvalue weighted by Gasteiger charge is -2.28. The summed E-state index contributed by atoms with van der Waals surface area (Å²) in [4.78, 5) is 27.9. The van der Waals surface area contributed by atoms with E-state index < -0.39 is 17.6 Å². The van der Waals surface area contributed by atoms with Crippen LogP contribution in [0.2, 0.25) is 0 Å². The molecule has 39 heavy (non-hydrogen) atoms. The highest BCUT2D eigenvalue weighted by atomic mass is 32.2. The predicted octanol–water partition coefficient (Wildman–Crippen LogP) is 6.12. The fourth-order valence-corrected chi connectivity index (χ4v) is 5.60. The summed E-state index contributed by atoms with van der Waals surface area (Å²) in [7, 11) is 0. The molecule has 2 aromatic heterocycles. The van der Waals surface area contributed by atoms with Gasteiger partial charge in [-0.15, -0.1) is 0 Å². The maximum absolute atomic E-state index is 14.9. The Bertz CT molecular complexity index is 1730. The van der Waals surface area contributed by atoms with Crippen LogP contribution < -0.4 is 10.5 Å². The van der Waals surface area contributed by atoms with Gasteiger partial charge in [0.2, 0.25) is 5.95 Å². The first-order valence-corrected chi connectivity index (χ1v) is 13.1. The number of halogens is 4. The number of alkyl halides is 3. The van der Waals surface area contributed by atoms with Gasteiger partial charge in [0.1, 0.15) is 5.82 Å². The van der Waals surface area contributed by atoms with Crippen molar-refractivity contribution in [2.75, 3.05) is 11.4 Å². The number of benzene rings is 3. The molecule has 0 saturated carbocycles. The van der Waals surface area contributed by atoms with Gasteiger partial charge in [0.25, 0.3) is 5.56 Å². The van der Waals surface area contributed by atoms with Crippen LogP contribution in [0.1, 0.15) is 22.4 Å². The van der Waals surface area contributed by atoms with Crippen molar-refractivity contribution in [3.05, 3.63) is 111 Å². The van der Waals surface area contributed by atoms with E-state index in [9.17, 15) is 22.4 Å². The molecule has 0 amide bonds. The van der Waals surface area contributed by atoms with Gasteiger partial charge in [0.15, 0.2) is 5.16 Å². The lowest BCUT2D eigenvalue weighted by molar-refractivity contribution is -0.137. The third-order valence-corrected chi connectivity index (χ3v) is 7.61. The van der Waals surface area contributed by atoms with Crippen LogP contribution in [0.15, 0.2) is 82.7 Å². The molecule has 1 aliphatic rings. The fraction of sp³-hybridized carbons (Fsp3) is 0.179. The van der Waals surface area contributed by atoms with Crippen molar-refractivity contribution in [2.45, 2.75) is 30.1 Å². The maximum atomic E-state index is 14.9.